The fraction of sp³-hybridized carbons (Fsp3) is 0.150. The van der Waals surface area contributed by atoms with Crippen LogP contribution in [-0.2, 0) is 16.1 Å². The van der Waals surface area contributed by atoms with Crippen LogP contribution in [0.4, 0.5) is 4.79 Å². The molecule has 150 valence electrons. The molecule has 3 amide bonds. The van der Waals surface area contributed by atoms with Gasteiger partial charge in [-0.25, -0.2) is 9.59 Å². The molecule has 3 rings (SSSR count). The van der Waals surface area contributed by atoms with Crippen molar-refractivity contribution in [3.8, 4) is 5.75 Å². The zero-order valence-corrected chi connectivity index (χ0v) is 19.0. The maximum absolute atomic E-state index is 12.7. The summed E-state index contributed by atoms with van der Waals surface area (Å²) < 4.78 is 6.48. The molecule has 0 unspecified atom stereocenters. The zero-order chi connectivity index (χ0) is 21.1. The SMILES string of the molecule is Cc1cccc(CN2C(=O)N/C(=C/c3cc(Br)c(OCC(=O)O)c(I)c3)C2=O)c1. The maximum atomic E-state index is 12.7. The van der Waals surface area contributed by atoms with E-state index in [1.165, 1.54) is 0 Å². The van der Waals surface area contributed by atoms with Crippen molar-refractivity contribution in [3.63, 3.8) is 0 Å². The van der Waals surface area contributed by atoms with Crippen LogP contribution in [0.1, 0.15) is 16.7 Å². The molecule has 0 aliphatic carbocycles. The van der Waals surface area contributed by atoms with Crippen LogP contribution in [0, 0.1) is 10.5 Å². The zero-order valence-electron chi connectivity index (χ0n) is 15.2. The van der Waals surface area contributed by atoms with Gasteiger partial charge in [0.15, 0.2) is 6.61 Å². The molecule has 0 atom stereocenters. The standard InChI is InChI=1S/C20H16BrIN2O5/c1-11-3-2-4-12(5-11)9-24-19(27)16(23-20(24)28)8-13-6-14(21)18(15(22)7-13)29-10-17(25)26/h2-8H,9-10H2,1H3,(H,23,28)(H,25,26)/b16-8+. The summed E-state index contributed by atoms with van der Waals surface area (Å²) in [6, 6.07) is 10.6. The number of ether oxygens (including phenoxy) is 1. The molecule has 9 heteroatoms. The number of carbonyl (C=O) groups is 3. The van der Waals surface area contributed by atoms with Gasteiger partial charge in [-0.3, -0.25) is 9.69 Å². The number of imide groups is 1. The van der Waals surface area contributed by atoms with Gasteiger partial charge in [-0.2, -0.15) is 0 Å². The molecule has 2 N–H and O–H groups in total. The van der Waals surface area contributed by atoms with E-state index in [4.69, 9.17) is 9.84 Å². The number of aliphatic carboxylic acids is 1. The quantitative estimate of drug-likeness (QED) is 0.312. The molecule has 1 saturated heterocycles. The van der Waals surface area contributed by atoms with E-state index in [0.29, 0.717) is 19.4 Å². The Morgan fingerprint density at radius 3 is 2.72 bits per heavy atom. The first kappa shape index (κ1) is 21.3. The molecule has 0 bridgehead atoms. The predicted octanol–water partition coefficient (Wildman–Crippen LogP) is 3.92. The van der Waals surface area contributed by atoms with Gasteiger partial charge >= 0.3 is 12.0 Å². The molecule has 0 radical (unpaired) electrons. The summed E-state index contributed by atoms with van der Waals surface area (Å²) in [6.45, 7) is 1.68. The topological polar surface area (TPSA) is 95.9 Å². The first-order chi connectivity index (χ1) is 13.7. The number of amides is 3. The highest BCUT2D eigenvalue weighted by molar-refractivity contribution is 14.1. The molecule has 0 spiro atoms. The average molecular weight is 571 g/mol. The molecular formula is C20H16BrIN2O5. The van der Waals surface area contributed by atoms with E-state index in [9.17, 15) is 14.4 Å². The van der Waals surface area contributed by atoms with Crippen molar-refractivity contribution >= 4 is 62.5 Å². The number of carboxylic acids is 1. The Labute approximate surface area is 189 Å². The minimum Gasteiger partial charge on any atom is -0.480 e. The third-order valence-corrected chi connectivity index (χ3v) is 5.45. The second-order valence-corrected chi connectivity index (χ2v) is 8.38. The van der Waals surface area contributed by atoms with Gasteiger partial charge in [0.2, 0.25) is 0 Å². The van der Waals surface area contributed by atoms with Crippen molar-refractivity contribution in [1.82, 2.24) is 10.2 Å². The van der Waals surface area contributed by atoms with Gasteiger partial charge in [0.05, 0.1) is 14.6 Å². The molecule has 1 fully saturated rings. The molecule has 0 aromatic heterocycles. The number of hydrogen-bond donors (Lipinski definition) is 2. The van der Waals surface area contributed by atoms with Crippen molar-refractivity contribution in [2.24, 2.45) is 0 Å². The predicted molar refractivity (Wildman–Crippen MR) is 118 cm³/mol. The van der Waals surface area contributed by atoms with E-state index in [0.717, 1.165) is 16.0 Å². The van der Waals surface area contributed by atoms with Gasteiger partial charge in [0.25, 0.3) is 5.91 Å². The molecule has 1 heterocycles. The lowest BCUT2D eigenvalue weighted by atomic mass is 10.1. The summed E-state index contributed by atoms with van der Waals surface area (Å²) in [6.07, 6.45) is 1.57. The largest absolute Gasteiger partial charge is 0.480 e. The highest BCUT2D eigenvalue weighted by Crippen LogP contribution is 2.33. The van der Waals surface area contributed by atoms with Gasteiger partial charge in [0.1, 0.15) is 11.4 Å². The monoisotopic (exact) mass is 570 g/mol. The lowest BCUT2D eigenvalue weighted by molar-refractivity contribution is -0.139. The fourth-order valence-electron chi connectivity index (χ4n) is 2.81. The summed E-state index contributed by atoms with van der Waals surface area (Å²) in [5.74, 6) is -1.08. The van der Waals surface area contributed by atoms with Gasteiger partial charge in [-0.05, 0) is 74.8 Å². The number of carboxylic acid groups (broad SMARTS) is 1. The summed E-state index contributed by atoms with van der Waals surface area (Å²) >= 11 is 5.37. The van der Waals surface area contributed by atoms with Crippen LogP contribution in [0.3, 0.4) is 0 Å². The summed E-state index contributed by atoms with van der Waals surface area (Å²) in [5, 5.41) is 11.4. The smallest absolute Gasteiger partial charge is 0.341 e. The van der Waals surface area contributed by atoms with Crippen LogP contribution in [0.25, 0.3) is 6.08 Å². The number of aryl methyl sites for hydroxylation is 1. The molecule has 7 nitrogen and oxygen atoms in total. The molecule has 2 aromatic rings. The number of carbonyl (C=O) groups excluding carboxylic acids is 2. The average Bonchev–Trinajstić information content (AvgIpc) is 2.88. The van der Waals surface area contributed by atoms with E-state index in [1.807, 2.05) is 53.8 Å². The minimum atomic E-state index is -1.08. The first-order valence-corrected chi connectivity index (χ1v) is 10.4. The Morgan fingerprint density at radius 2 is 2.07 bits per heavy atom. The van der Waals surface area contributed by atoms with Crippen molar-refractivity contribution < 1.29 is 24.2 Å². The van der Waals surface area contributed by atoms with Crippen molar-refractivity contribution in [2.75, 3.05) is 6.61 Å². The van der Waals surface area contributed by atoms with Crippen molar-refractivity contribution in [2.45, 2.75) is 13.5 Å². The number of hydrogen-bond acceptors (Lipinski definition) is 4. The number of halogens is 2. The van der Waals surface area contributed by atoms with Gasteiger partial charge < -0.3 is 15.2 Å². The Bertz CT molecular complexity index is 1010. The lowest BCUT2D eigenvalue weighted by Crippen LogP contribution is -2.30. The number of benzene rings is 2. The number of urea groups is 1. The lowest BCUT2D eigenvalue weighted by Gasteiger charge is -2.12. The van der Waals surface area contributed by atoms with E-state index in [1.54, 1.807) is 18.2 Å². The highest BCUT2D eigenvalue weighted by Gasteiger charge is 2.33. The van der Waals surface area contributed by atoms with Gasteiger partial charge in [0, 0.05) is 0 Å². The maximum Gasteiger partial charge on any atom is 0.341 e. The normalized spacial score (nSPS) is 15.0. The van der Waals surface area contributed by atoms with Crippen LogP contribution >= 0.6 is 38.5 Å². The molecule has 29 heavy (non-hydrogen) atoms. The molecule has 2 aromatic carbocycles. The van der Waals surface area contributed by atoms with Crippen molar-refractivity contribution in [1.29, 1.82) is 0 Å². The number of nitrogens with zero attached hydrogens (tertiary/aromatic N) is 1. The number of rotatable bonds is 6. The third kappa shape index (κ3) is 5.15. The van der Waals surface area contributed by atoms with E-state index in [2.05, 4.69) is 21.2 Å². The Balaban J connectivity index is 1.81. The number of nitrogens with one attached hydrogen (secondary N) is 1. The highest BCUT2D eigenvalue weighted by atomic mass is 127. The van der Waals surface area contributed by atoms with Gasteiger partial charge in [-0.1, -0.05) is 29.8 Å². The van der Waals surface area contributed by atoms with E-state index in [-0.39, 0.29) is 12.2 Å². The second-order valence-electron chi connectivity index (χ2n) is 6.36. The first-order valence-electron chi connectivity index (χ1n) is 8.48. The van der Waals surface area contributed by atoms with E-state index >= 15 is 0 Å². The summed E-state index contributed by atoms with van der Waals surface area (Å²) in [5.41, 5.74) is 2.75. The van der Waals surface area contributed by atoms with Crippen LogP contribution in [-0.4, -0.2) is 34.5 Å². The third-order valence-electron chi connectivity index (χ3n) is 4.06. The van der Waals surface area contributed by atoms with Crippen LogP contribution in [0.15, 0.2) is 46.6 Å². The summed E-state index contributed by atoms with van der Waals surface area (Å²) in [4.78, 5) is 36.8. The van der Waals surface area contributed by atoms with Crippen LogP contribution < -0.4 is 10.1 Å². The van der Waals surface area contributed by atoms with Crippen LogP contribution in [0.5, 0.6) is 5.75 Å². The van der Waals surface area contributed by atoms with Gasteiger partial charge in [-0.15, -0.1) is 0 Å². The summed E-state index contributed by atoms with van der Waals surface area (Å²) in [7, 11) is 0. The molecule has 1 aliphatic rings. The Hall–Kier alpha value is -2.40. The fourth-order valence-corrected chi connectivity index (χ4v) is 4.58. The Morgan fingerprint density at radius 1 is 1.31 bits per heavy atom. The van der Waals surface area contributed by atoms with Crippen molar-refractivity contribution in [3.05, 3.63) is 66.8 Å². The minimum absolute atomic E-state index is 0.171. The molecule has 1 aliphatic heterocycles. The molecule has 0 saturated carbocycles. The van der Waals surface area contributed by atoms with Crippen LogP contribution in [0.2, 0.25) is 0 Å². The molecular weight excluding hydrogens is 555 g/mol. The second kappa shape index (κ2) is 8.95. The van der Waals surface area contributed by atoms with E-state index < -0.39 is 24.5 Å². The Kier molecular flexibility index (Phi) is 6.58.